The molecule has 0 spiro atoms. The van der Waals surface area contributed by atoms with Crippen LogP contribution in [0.5, 0.6) is 0 Å². The van der Waals surface area contributed by atoms with Crippen LogP contribution in [-0.2, 0) is 11.2 Å². The van der Waals surface area contributed by atoms with Gasteiger partial charge in [-0.3, -0.25) is 9.69 Å². The van der Waals surface area contributed by atoms with Crippen molar-refractivity contribution in [3.05, 3.63) is 35.6 Å². The molecule has 1 aromatic rings. The number of halogens is 3. The third kappa shape index (κ3) is 7.51. The van der Waals surface area contributed by atoms with Gasteiger partial charge in [-0.05, 0) is 82.3 Å². The molecule has 0 saturated carbocycles. The Balaban J connectivity index is 0.00000196. The molecule has 1 unspecified atom stereocenters. The predicted molar refractivity (Wildman–Crippen MR) is 117 cm³/mol. The fourth-order valence-corrected chi connectivity index (χ4v) is 4.24. The zero-order valence-electron chi connectivity index (χ0n) is 16.7. The van der Waals surface area contributed by atoms with Crippen molar-refractivity contribution in [2.45, 2.75) is 44.6 Å². The molecule has 1 aromatic carbocycles. The summed E-state index contributed by atoms with van der Waals surface area (Å²) in [5, 5.41) is 3.38. The van der Waals surface area contributed by atoms with E-state index in [0.717, 1.165) is 58.3 Å². The van der Waals surface area contributed by atoms with Crippen molar-refractivity contribution < 1.29 is 9.18 Å². The third-order valence-corrected chi connectivity index (χ3v) is 5.94. The monoisotopic (exact) mass is 433 g/mol. The Labute approximate surface area is 181 Å². The van der Waals surface area contributed by atoms with Crippen molar-refractivity contribution >= 4 is 30.7 Å². The molecule has 4 nitrogen and oxygen atoms in total. The molecular formula is C21H34Cl2FN3O. The fraction of sp³-hybridized carbons (Fsp3) is 0.667. The van der Waals surface area contributed by atoms with Gasteiger partial charge < -0.3 is 10.2 Å². The number of piperidine rings is 2. The topological polar surface area (TPSA) is 35.6 Å². The van der Waals surface area contributed by atoms with Crippen molar-refractivity contribution in [3.63, 3.8) is 0 Å². The minimum absolute atomic E-state index is 0. The largest absolute Gasteiger partial charge is 0.341 e. The maximum atomic E-state index is 13.0. The number of aryl methyl sites for hydroxylation is 1. The zero-order valence-corrected chi connectivity index (χ0v) is 18.4. The number of nitrogens with one attached hydrogen (secondary N) is 1. The fourth-order valence-electron chi connectivity index (χ4n) is 4.24. The smallest absolute Gasteiger partial charge is 0.236 e. The van der Waals surface area contributed by atoms with Crippen molar-refractivity contribution in [3.8, 4) is 0 Å². The molecule has 2 aliphatic rings. The van der Waals surface area contributed by atoms with Crippen LogP contribution >= 0.6 is 24.8 Å². The number of benzene rings is 1. The van der Waals surface area contributed by atoms with E-state index in [0.29, 0.717) is 18.5 Å². The molecule has 28 heavy (non-hydrogen) atoms. The number of hydrogen-bond donors (Lipinski definition) is 1. The van der Waals surface area contributed by atoms with Crippen LogP contribution in [-0.4, -0.2) is 61.5 Å². The van der Waals surface area contributed by atoms with Gasteiger partial charge in [0.15, 0.2) is 0 Å². The molecule has 160 valence electrons. The van der Waals surface area contributed by atoms with Gasteiger partial charge in [0.1, 0.15) is 5.82 Å². The van der Waals surface area contributed by atoms with Crippen LogP contribution in [0.4, 0.5) is 4.39 Å². The van der Waals surface area contributed by atoms with Crippen molar-refractivity contribution in [2.24, 2.45) is 5.92 Å². The van der Waals surface area contributed by atoms with E-state index in [-0.39, 0.29) is 36.5 Å². The lowest BCUT2D eigenvalue weighted by atomic mass is 9.91. The average molecular weight is 434 g/mol. The lowest BCUT2D eigenvalue weighted by Crippen LogP contribution is -2.48. The average Bonchev–Trinajstić information content (AvgIpc) is 2.68. The maximum absolute atomic E-state index is 13.0. The van der Waals surface area contributed by atoms with Crippen LogP contribution in [0.2, 0.25) is 0 Å². The highest BCUT2D eigenvalue weighted by Crippen LogP contribution is 2.22. The van der Waals surface area contributed by atoms with Crippen molar-refractivity contribution in [2.75, 3.05) is 39.8 Å². The Morgan fingerprint density at radius 3 is 2.54 bits per heavy atom. The second kappa shape index (κ2) is 12.6. The molecule has 1 amide bonds. The number of carbonyl (C=O) groups is 1. The molecule has 2 heterocycles. The van der Waals surface area contributed by atoms with Crippen LogP contribution in [0.15, 0.2) is 24.3 Å². The van der Waals surface area contributed by atoms with Crippen molar-refractivity contribution in [1.29, 1.82) is 0 Å². The molecule has 2 aliphatic heterocycles. The van der Waals surface area contributed by atoms with Crippen LogP contribution < -0.4 is 5.32 Å². The minimum atomic E-state index is -0.180. The molecular weight excluding hydrogens is 400 g/mol. The van der Waals surface area contributed by atoms with E-state index in [9.17, 15) is 9.18 Å². The van der Waals surface area contributed by atoms with Gasteiger partial charge in [-0.15, -0.1) is 24.8 Å². The van der Waals surface area contributed by atoms with Gasteiger partial charge in [-0.2, -0.15) is 0 Å². The van der Waals surface area contributed by atoms with Gasteiger partial charge in [0.05, 0.1) is 6.54 Å². The van der Waals surface area contributed by atoms with Gasteiger partial charge in [0.25, 0.3) is 0 Å². The summed E-state index contributed by atoms with van der Waals surface area (Å²) in [4.78, 5) is 17.0. The van der Waals surface area contributed by atoms with Gasteiger partial charge in [-0.1, -0.05) is 12.1 Å². The third-order valence-electron chi connectivity index (χ3n) is 5.94. The number of rotatable bonds is 6. The summed E-state index contributed by atoms with van der Waals surface area (Å²) in [5.41, 5.74) is 1.18. The SMILES string of the molecule is CN(CC(=O)N1CCCC(CCc2ccc(F)cc2)C1)C1CCNCC1.Cl.Cl. The van der Waals surface area contributed by atoms with Gasteiger partial charge in [0, 0.05) is 19.1 Å². The number of carbonyl (C=O) groups excluding carboxylic acids is 1. The lowest BCUT2D eigenvalue weighted by Gasteiger charge is -2.36. The van der Waals surface area contributed by atoms with Crippen LogP contribution in [0.25, 0.3) is 0 Å². The van der Waals surface area contributed by atoms with E-state index < -0.39 is 0 Å². The first-order valence-corrected chi connectivity index (χ1v) is 10.0. The molecule has 1 atom stereocenters. The highest BCUT2D eigenvalue weighted by molar-refractivity contribution is 5.85. The summed E-state index contributed by atoms with van der Waals surface area (Å²) >= 11 is 0. The molecule has 0 aromatic heterocycles. The highest BCUT2D eigenvalue weighted by Gasteiger charge is 2.26. The van der Waals surface area contributed by atoms with Gasteiger partial charge in [0.2, 0.25) is 5.91 Å². The second-order valence-electron chi connectivity index (χ2n) is 7.91. The first kappa shape index (κ1) is 25.2. The molecule has 0 bridgehead atoms. The van der Waals surface area contributed by atoms with E-state index >= 15 is 0 Å². The van der Waals surface area contributed by atoms with Crippen molar-refractivity contribution in [1.82, 2.24) is 15.1 Å². The van der Waals surface area contributed by atoms with Gasteiger partial charge >= 0.3 is 0 Å². The Hall–Kier alpha value is -0.880. The van der Waals surface area contributed by atoms with Crippen LogP contribution in [0, 0.1) is 11.7 Å². The predicted octanol–water partition coefficient (Wildman–Crippen LogP) is 3.52. The molecule has 0 radical (unpaired) electrons. The minimum Gasteiger partial charge on any atom is -0.341 e. The lowest BCUT2D eigenvalue weighted by molar-refractivity contribution is -0.134. The highest BCUT2D eigenvalue weighted by atomic mass is 35.5. The van der Waals surface area contributed by atoms with E-state index in [4.69, 9.17) is 0 Å². The maximum Gasteiger partial charge on any atom is 0.236 e. The quantitative estimate of drug-likeness (QED) is 0.744. The molecule has 0 aliphatic carbocycles. The molecule has 7 heteroatoms. The van der Waals surface area contributed by atoms with Crippen LogP contribution in [0.1, 0.15) is 37.7 Å². The summed E-state index contributed by atoms with van der Waals surface area (Å²) < 4.78 is 13.0. The first-order chi connectivity index (χ1) is 12.6. The summed E-state index contributed by atoms with van der Waals surface area (Å²) in [5.74, 6) is 0.653. The van der Waals surface area contributed by atoms with E-state index in [1.165, 1.54) is 24.1 Å². The van der Waals surface area contributed by atoms with Crippen LogP contribution in [0.3, 0.4) is 0 Å². The number of likely N-dealkylation sites (N-methyl/N-ethyl adjacent to an activating group) is 1. The second-order valence-corrected chi connectivity index (χ2v) is 7.91. The Morgan fingerprint density at radius 1 is 1.18 bits per heavy atom. The number of nitrogens with zero attached hydrogens (tertiary/aromatic N) is 2. The summed E-state index contributed by atoms with van der Waals surface area (Å²) in [6, 6.07) is 7.33. The summed E-state index contributed by atoms with van der Waals surface area (Å²) in [6.45, 7) is 4.41. The number of hydrogen-bond acceptors (Lipinski definition) is 3. The van der Waals surface area contributed by atoms with E-state index in [2.05, 4.69) is 22.2 Å². The summed E-state index contributed by atoms with van der Waals surface area (Å²) in [7, 11) is 2.09. The molecule has 2 fully saturated rings. The van der Waals surface area contributed by atoms with E-state index in [1.54, 1.807) is 0 Å². The zero-order chi connectivity index (χ0) is 18.4. The summed E-state index contributed by atoms with van der Waals surface area (Å²) in [6.07, 6.45) is 6.57. The standard InChI is InChI=1S/C21H32FN3O.2ClH/c1-24(20-10-12-23-13-11-20)16-21(26)25-14-2-3-18(15-25)5-4-17-6-8-19(22)9-7-17;;/h6-9,18,20,23H,2-5,10-16H2,1H3;2*1H. The molecule has 2 saturated heterocycles. The van der Waals surface area contributed by atoms with E-state index in [1.807, 2.05) is 12.1 Å². The molecule has 3 rings (SSSR count). The Kier molecular flexibility index (Phi) is 11.4. The number of likely N-dealkylation sites (tertiary alicyclic amines) is 1. The number of amides is 1. The normalized spacial score (nSPS) is 20.4. The Morgan fingerprint density at radius 2 is 1.86 bits per heavy atom. The Bertz CT molecular complexity index is 582. The molecule has 1 N–H and O–H groups in total. The first-order valence-electron chi connectivity index (χ1n) is 10.0. The van der Waals surface area contributed by atoms with Gasteiger partial charge in [-0.25, -0.2) is 4.39 Å².